The molecule has 4 rings (SSSR count). The normalized spacial score (nSPS) is 17.5. The number of benzene rings is 1. The number of aromatic nitrogens is 2. The second-order valence-corrected chi connectivity index (χ2v) is 7.49. The highest BCUT2D eigenvalue weighted by Gasteiger charge is 2.45. The number of ether oxygens (including phenoxy) is 1. The molecule has 1 aromatic carbocycles. The molecule has 0 atom stereocenters. The van der Waals surface area contributed by atoms with E-state index in [9.17, 15) is 26.7 Å². The standard InChI is InChI=1S/C18H13ClF5N3O2/c19-17-25-7-8(15(26-17)27-5-3-18(1-2-18)4-6-27)16(28)29-14-12(23)10(21)9(20)11(22)13(14)24/h7H,1-6H2. The van der Waals surface area contributed by atoms with E-state index >= 15 is 0 Å². The van der Waals surface area contributed by atoms with Crippen LogP contribution in [0.5, 0.6) is 5.75 Å². The number of hydrogen-bond donors (Lipinski definition) is 0. The molecule has 1 aromatic heterocycles. The maximum absolute atomic E-state index is 13.8. The van der Waals surface area contributed by atoms with Crippen LogP contribution in [0.25, 0.3) is 0 Å². The Morgan fingerprint density at radius 2 is 1.52 bits per heavy atom. The van der Waals surface area contributed by atoms with Crippen LogP contribution < -0.4 is 9.64 Å². The number of carbonyl (C=O) groups is 1. The molecule has 2 fully saturated rings. The average molecular weight is 434 g/mol. The quantitative estimate of drug-likeness (QED) is 0.179. The summed E-state index contributed by atoms with van der Waals surface area (Å²) in [6.45, 7) is 1.13. The van der Waals surface area contributed by atoms with Gasteiger partial charge in [0.2, 0.25) is 40.1 Å². The number of rotatable bonds is 3. The lowest BCUT2D eigenvalue weighted by Gasteiger charge is -2.33. The summed E-state index contributed by atoms with van der Waals surface area (Å²) < 4.78 is 72.1. The van der Waals surface area contributed by atoms with E-state index < -0.39 is 40.8 Å². The van der Waals surface area contributed by atoms with E-state index in [1.807, 2.05) is 0 Å². The van der Waals surface area contributed by atoms with Gasteiger partial charge in [0.25, 0.3) is 0 Å². The highest BCUT2D eigenvalue weighted by atomic mass is 35.5. The Morgan fingerprint density at radius 3 is 2.07 bits per heavy atom. The minimum Gasteiger partial charge on any atom is -0.416 e. The van der Waals surface area contributed by atoms with E-state index in [2.05, 4.69) is 14.7 Å². The fourth-order valence-electron chi connectivity index (χ4n) is 3.43. The summed E-state index contributed by atoms with van der Waals surface area (Å²) in [7, 11) is 0. The van der Waals surface area contributed by atoms with Gasteiger partial charge in [0.15, 0.2) is 0 Å². The van der Waals surface area contributed by atoms with E-state index in [0.717, 1.165) is 31.9 Å². The molecule has 5 nitrogen and oxygen atoms in total. The monoisotopic (exact) mass is 433 g/mol. The van der Waals surface area contributed by atoms with Crippen LogP contribution in [0.3, 0.4) is 0 Å². The number of halogens is 6. The van der Waals surface area contributed by atoms with Crippen LogP contribution in [0.1, 0.15) is 36.0 Å². The molecular weight excluding hydrogens is 421 g/mol. The van der Waals surface area contributed by atoms with Crippen molar-refractivity contribution >= 4 is 23.4 Å². The highest BCUT2D eigenvalue weighted by molar-refractivity contribution is 6.28. The Labute approximate surface area is 166 Å². The third-order valence-electron chi connectivity index (χ3n) is 5.40. The molecule has 0 bridgehead atoms. The minimum absolute atomic E-state index is 0.0781. The van der Waals surface area contributed by atoms with Crippen molar-refractivity contribution in [3.8, 4) is 5.75 Å². The van der Waals surface area contributed by atoms with Gasteiger partial charge in [0.05, 0.1) is 0 Å². The van der Waals surface area contributed by atoms with E-state index in [1.54, 1.807) is 4.90 Å². The summed E-state index contributed by atoms with van der Waals surface area (Å²) >= 11 is 5.82. The summed E-state index contributed by atoms with van der Waals surface area (Å²) in [6, 6.07) is 0. The van der Waals surface area contributed by atoms with Gasteiger partial charge in [-0.3, -0.25) is 0 Å². The molecule has 1 aliphatic heterocycles. The maximum Gasteiger partial charge on any atom is 0.349 e. The number of anilines is 1. The van der Waals surface area contributed by atoms with Gasteiger partial charge in [-0.25, -0.2) is 22.9 Å². The van der Waals surface area contributed by atoms with Gasteiger partial charge < -0.3 is 9.64 Å². The van der Waals surface area contributed by atoms with Crippen LogP contribution in [0.4, 0.5) is 27.8 Å². The van der Waals surface area contributed by atoms with Crippen molar-refractivity contribution < 1.29 is 31.5 Å². The first-order valence-electron chi connectivity index (χ1n) is 8.73. The van der Waals surface area contributed by atoms with E-state index in [0.29, 0.717) is 18.5 Å². The third-order valence-corrected chi connectivity index (χ3v) is 5.59. The van der Waals surface area contributed by atoms with Gasteiger partial charge in [-0.05, 0) is 42.7 Å². The predicted molar refractivity (Wildman–Crippen MR) is 91.3 cm³/mol. The summed E-state index contributed by atoms with van der Waals surface area (Å²) in [5.74, 6) is -14.3. The summed E-state index contributed by atoms with van der Waals surface area (Å²) in [5.41, 5.74) is 0.0220. The molecule has 2 aliphatic rings. The first kappa shape index (κ1) is 19.8. The van der Waals surface area contributed by atoms with Crippen LogP contribution >= 0.6 is 11.6 Å². The van der Waals surface area contributed by atoms with Crippen LogP contribution in [0.2, 0.25) is 5.28 Å². The molecule has 154 valence electrons. The van der Waals surface area contributed by atoms with Gasteiger partial charge in [-0.1, -0.05) is 0 Å². The zero-order chi connectivity index (χ0) is 20.9. The van der Waals surface area contributed by atoms with Crippen molar-refractivity contribution in [2.45, 2.75) is 25.7 Å². The lowest BCUT2D eigenvalue weighted by atomic mass is 9.93. The summed E-state index contributed by atoms with van der Waals surface area (Å²) in [5, 5.41) is -0.167. The lowest BCUT2D eigenvalue weighted by Crippen LogP contribution is -2.36. The van der Waals surface area contributed by atoms with E-state index in [1.165, 1.54) is 0 Å². The van der Waals surface area contributed by atoms with Crippen LogP contribution in [0, 0.1) is 34.5 Å². The van der Waals surface area contributed by atoms with Crippen molar-refractivity contribution in [3.05, 3.63) is 46.1 Å². The van der Waals surface area contributed by atoms with Crippen LogP contribution in [0.15, 0.2) is 6.20 Å². The van der Waals surface area contributed by atoms with Gasteiger partial charge in [0, 0.05) is 19.3 Å². The maximum atomic E-state index is 13.8. The highest BCUT2D eigenvalue weighted by Crippen LogP contribution is 2.54. The van der Waals surface area contributed by atoms with Crippen molar-refractivity contribution in [3.63, 3.8) is 0 Å². The molecule has 1 spiro atoms. The van der Waals surface area contributed by atoms with Crippen LogP contribution in [-0.4, -0.2) is 29.0 Å². The van der Waals surface area contributed by atoms with Crippen molar-refractivity contribution in [2.75, 3.05) is 18.0 Å². The lowest BCUT2D eigenvalue weighted by molar-refractivity contribution is 0.0715. The van der Waals surface area contributed by atoms with Crippen LogP contribution in [-0.2, 0) is 0 Å². The van der Waals surface area contributed by atoms with E-state index in [-0.39, 0.29) is 16.7 Å². The van der Waals surface area contributed by atoms with E-state index in [4.69, 9.17) is 11.6 Å². The second kappa shape index (κ2) is 7.08. The first-order chi connectivity index (χ1) is 13.7. The number of hydrogen-bond acceptors (Lipinski definition) is 5. The second-order valence-electron chi connectivity index (χ2n) is 7.15. The molecule has 0 N–H and O–H groups in total. The number of carbonyl (C=O) groups excluding carboxylic acids is 1. The fourth-order valence-corrected chi connectivity index (χ4v) is 3.56. The van der Waals surface area contributed by atoms with Gasteiger partial charge in [-0.15, -0.1) is 0 Å². The topological polar surface area (TPSA) is 55.3 Å². The van der Waals surface area contributed by atoms with Gasteiger partial charge >= 0.3 is 5.97 Å². The van der Waals surface area contributed by atoms with Gasteiger partial charge in [0.1, 0.15) is 11.4 Å². The number of nitrogens with zero attached hydrogens (tertiary/aromatic N) is 3. The van der Waals surface area contributed by atoms with Crippen molar-refractivity contribution in [2.24, 2.45) is 5.41 Å². The SMILES string of the molecule is O=C(Oc1c(F)c(F)c(F)c(F)c1F)c1cnc(Cl)nc1N1CCC2(CC1)CC2. The first-order valence-corrected chi connectivity index (χ1v) is 9.11. The predicted octanol–water partition coefficient (Wildman–Crippen LogP) is 4.43. The Kier molecular flexibility index (Phi) is 4.84. The molecular formula is C18H13ClF5N3O2. The van der Waals surface area contributed by atoms with Crippen molar-refractivity contribution in [1.82, 2.24) is 9.97 Å². The van der Waals surface area contributed by atoms with Gasteiger partial charge in [-0.2, -0.15) is 13.8 Å². The van der Waals surface area contributed by atoms with Crippen molar-refractivity contribution in [1.29, 1.82) is 0 Å². The smallest absolute Gasteiger partial charge is 0.349 e. The summed E-state index contributed by atoms with van der Waals surface area (Å²) in [4.78, 5) is 21.9. The molecule has 0 unspecified atom stereocenters. The Morgan fingerprint density at radius 1 is 0.966 bits per heavy atom. The zero-order valence-electron chi connectivity index (χ0n) is 14.7. The third kappa shape index (κ3) is 3.50. The molecule has 1 aliphatic carbocycles. The molecule has 11 heteroatoms. The Balaban J connectivity index is 1.65. The molecule has 0 amide bonds. The Bertz CT molecular complexity index is 976. The molecule has 0 radical (unpaired) electrons. The molecule has 29 heavy (non-hydrogen) atoms. The molecule has 2 aromatic rings. The molecule has 2 heterocycles. The average Bonchev–Trinajstić information content (AvgIpc) is 3.47. The largest absolute Gasteiger partial charge is 0.416 e. The summed E-state index contributed by atoms with van der Waals surface area (Å²) in [6.07, 6.45) is 5.02. The molecule has 1 saturated heterocycles. The minimum atomic E-state index is -2.35. The Hall–Kier alpha value is -2.49. The number of piperidine rings is 1. The number of esters is 1. The zero-order valence-corrected chi connectivity index (χ0v) is 15.5. The fraction of sp³-hybridized carbons (Fsp3) is 0.389. The molecule has 1 saturated carbocycles.